The molecular weight excluding hydrogens is 344 g/mol. The number of aromatic hydroxyl groups is 1. The lowest BCUT2D eigenvalue weighted by Gasteiger charge is -2.09. The zero-order chi connectivity index (χ0) is 19.5. The van der Waals surface area contributed by atoms with E-state index in [9.17, 15) is 14.7 Å². The van der Waals surface area contributed by atoms with Gasteiger partial charge in [0, 0.05) is 0 Å². The first-order valence-corrected chi connectivity index (χ1v) is 9.01. The van der Waals surface area contributed by atoms with Gasteiger partial charge in [-0.2, -0.15) is 5.10 Å². The molecule has 142 valence electrons. The number of para-hydroxylation sites is 2. The summed E-state index contributed by atoms with van der Waals surface area (Å²) < 4.78 is 5.71. The number of carbonyl (C=O) groups excluding carboxylic acids is 2. The molecule has 0 aromatic heterocycles. The van der Waals surface area contributed by atoms with E-state index in [1.165, 1.54) is 12.1 Å². The number of unbranched alkanes of at least 4 members (excludes halogenated alkanes) is 3. The molecule has 0 fully saturated rings. The number of carbonyl (C=O) groups is 2. The molecule has 0 aliphatic rings. The minimum atomic E-state index is -0.599. The summed E-state index contributed by atoms with van der Waals surface area (Å²) in [5.41, 5.74) is 2.70. The predicted molar refractivity (Wildman–Crippen MR) is 104 cm³/mol. The monoisotopic (exact) mass is 368 g/mol. The predicted octanol–water partition coefficient (Wildman–Crippen LogP) is 3.95. The van der Waals surface area contributed by atoms with Crippen molar-refractivity contribution in [2.24, 2.45) is 5.10 Å². The standard InChI is InChI=1S/C21H24N2O4/c1-2-3-4-9-14-27-20-13-8-6-10-16(20)19(25)15-22-23-21(26)17-11-5-7-12-18(17)24/h5-8,10-13,15,24H,2-4,9,14H2,1H3,(H,23,26)/b22-15-. The van der Waals surface area contributed by atoms with Gasteiger partial charge < -0.3 is 9.84 Å². The molecule has 6 heteroatoms. The van der Waals surface area contributed by atoms with Crippen LogP contribution >= 0.6 is 0 Å². The van der Waals surface area contributed by atoms with Gasteiger partial charge in [-0.1, -0.05) is 50.5 Å². The highest BCUT2D eigenvalue weighted by atomic mass is 16.5. The first-order valence-electron chi connectivity index (χ1n) is 9.01. The Morgan fingerprint density at radius 1 is 1.04 bits per heavy atom. The zero-order valence-electron chi connectivity index (χ0n) is 15.4. The highest BCUT2D eigenvalue weighted by molar-refractivity contribution is 6.36. The highest BCUT2D eigenvalue weighted by Crippen LogP contribution is 2.19. The second-order valence-electron chi connectivity index (χ2n) is 5.99. The quantitative estimate of drug-likeness (QED) is 0.288. The molecule has 1 amide bonds. The Balaban J connectivity index is 1.94. The molecule has 2 aromatic rings. The number of phenols is 1. The maximum atomic E-state index is 12.4. The number of hydrogen-bond acceptors (Lipinski definition) is 5. The molecule has 0 unspecified atom stereocenters. The summed E-state index contributed by atoms with van der Waals surface area (Å²) in [6.45, 7) is 2.69. The van der Waals surface area contributed by atoms with Crippen molar-refractivity contribution in [3.8, 4) is 11.5 Å². The average molecular weight is 368 g/mol. The van der Waals surface area contributed by atoms with Crippen molar-refractivity contribution in [1.82, 2.24) is 5.43 Å². The summed E-state index contributed by atoms with van der Waals surface area (Å²) in [6, 6.07) is 13.0. The molecule has 0 aliphatic heterocycles. The number of Topliss-reactive ketones (excluding diaryl/α,β-unsaturated/α-hetero) is 1. The number of hydrogen-bond donors (Lipinski definition) is 2. The van der Waals surface area contributed by atoms with Crippen molar-refractivity contribution in [1.29, 1.82) is 0 Å². The maximum Gasteiger partial charge on any atom is 0.275 e. The minimum Gasteiger partial charge on any atom is -0.507 e. The number of amides is 1. The van der Waals surface area contributed by atoms with Crippen LogP contribution < -0.4 is 10.2 Å². The maximum absolute atomic E-state index is 12.4. The Bertz CT molecular complexity index is 802. The molecule has 0 aliphatic carbocycles. The van der Waals surface area contributed by atoms with Gasteiger partial charge in [0.05, 0.1) is 23.9 Å². The summed E-state index contributed by atoms with van der Waals surface area (Å²) in [6.07, 6.45) is 5.36. The number of hydrazone groups is 1. The van der Waals surface area contributed by atoms with E-state index in [-0.39, 0.29) is 17.1 Å². The lowest BCUT2D eigenvalue weighted by Crippen LogP contribution is -2.19. The molecule has 0 atom stereocenters. The SMILES string of the molecule is CCCCCCOc1ccccc1C(=O)/C=N\NC(=O)c1ccccc1O. The summed E-state index contributed by atoms with van der Waals surface area (Å²) >= 11 is 0. The van der Waals surface area contributed by atoms with Crippen LogP contribution in [0.4, 0.5) is 0 Å². The van der Waals surface area contributed by atoms with Gasteiger partial charge >= 0.3 is 0 Å². The van der Waals surface area contributed by atoms with Crippen molar-refractivity contribution in [2.75, 3.05) is 6.61 Å². The lowest BCUT2D eigenvalue weighted by atomic mass is 10.1. The molecule has 0 spiro atoms. The Kier molecular flexibility index (Phi) is 8.03. The van der Waals surface area contributed by atoms with Crippen LogP contribution in [-0.2, 0) is 0 Å². The first-order chi connectivity index (χ1) is 13.1. The van der Waals surface area contributed by atoms with Crippen LogP contribution in [0.3, 0.4) is 0 Å². The van der Waals surface area contributed by atoms with E-state index >= 15 is 0 Å². The normalized spacial score (nSPS) is 10.7. The van der Waals surface area contributed by atoms with Gasteiger partial charge in [0.1, 0.15) is 11.5 Å². The van der Waals surface area contributed by atoms with Gasteiger partial charge in [-0.05, 0) is 30.7 Å². The second-order valence-corrected chi connectivity index (χ2v) is 5.99. The number of ether oxygens (including phenoxy) is 1. The molecule has 0 saturated heterocycles. The van der Waals surface area contributed by atoms with Crippen LogP contribution in [0.25, 0.3) is 0 Å². The smallest absolute Gasteiger partial charge is 0.275 e. The van der Waals surface area contributed by atoms with Crippen LogP contribution in [0.2, 0.25) is 0 Å². The van der Waals surface area contributed by atoms with Gasteiger partial charge in [-0.3, -0.25) is 9.59 Å². The van der Waals surface area contributed by atoms with Gasteiger partial charge in [0.2, 0.25) is 5.78 Å². The van der Waals surface area contributed by atoms with Crippen molar-refractivity contribution < 1.29 is 19.4 Å². The number of ketones is 1. The fourth-order valence-electron chi connectivity index (χ4n) is 2.45. The minimum absolute atomic E-state index is 0.0814. The number of nitrogens with zero attached hydrogens (tertiary/aromatic N) is 1. The molecule has 0 heterocycles. The number of rotatable bonds is 10. The third-order valence-electron chi connectivity index (χ3n) is 3.90. The molecule has 2 rings (SSSR count). The summed E-state index contributed by atoms with van der Waals surface area (Å²) in [4.78, 5) is 24.3. The lowest BCUT2D eigenvalue weighted by molar-refractivity contribution is 0.0952. The van der Waals surface area contributed by atoms with E-state index in [0.717, 1.165) is 31.9 Å². The second kappa shape index (κ2) is 10.8. The molecule has 0 bridgehead atoms. The zero-order valence-corrected chi connectivity index (χ0v) is 15.4. The molecular formula is C21H24N2O4. The average Bonchev–Trinajstić information content (AvgIpc) is 2.68. The van der Waals surface area contributed by atoms with Crippen molar-refractivity contribution >= 4 is 17.9 Å². The van der Waals surface area contributed by atoms with Gasteiger partial charge in [-0.25, -0.2) is 5.43 Å². The van der Waals surface area contributed by atoms with Gasteiger partial charge in [-0.15, -0.1) is 0 Å². The van der Waals surface area contributed by atoms with Crippen LogP contribution in [0.1, 0.15) is 53.3 Å². The Hall–Kier alpha value is -3.15. The van der Waals surface area contributed by atoms with Gasteiger partial charge in [0.25, 0.3) is 5.91 Å². The Morgan fingerprint density at radius 3 is 2.48 bits per heavy atom. The van der Waals surface area contributed by atoms with Crippen molar-refractivity contribution in [2.45, 2.75) is 32.6 Å². The van der Waals surface area contributed by atoms with Gasteiger partial charge in [0.15, 0.2) is 0 Å². The Labute approximate surface area is 158 Å². The fourth-order valence-corrected chi connectivity index (χ4v) is 2.45. The molecule has 6 nitrogen and oxygen atoms in total. The molecule has 27 heavy (non-hydrogen) atoms. The van der Waals surface area contributed by atoms with Crippen LogP contribution in [0.15, 0.2) is 53.6 Å². The van der Waals surface area contributed by atoms with E-state index in [1.807, 2.05) is 0 Å². The van der Waals surface area contributed by atoms with Crippen LogP contribution in [0, 0.1) is 0 Å². The van der Waals surface area contributed by atoms with E-state index < -0.39 is 5.91 Å². The summed E-state index contributed by atoms with van der Waals surface area (Å²) in [5, 5.41) is 13.3. The third-order valence-corrected chi connectivity index (χ3v) is 3.90. The number of phenolic OH excluding ortho intramolecular Hbond substituents is 1. The van der Waals surface area contributed by atoms with E-state index in [2.05, 4.69) is 17.5 Å². The topological polar surface area (TPSA) is 88.0 Å². The fraction of sp³-hybridized carbons (Fsp3) is 0.286. The molecule has 2 aromatic carbocycles. The number of benzene rings is 2. The van der Waals surface area contributed by atoms with Crippen LogP contribution in [0.5, 0.6) is 11.5 Å². The van der Waals surface area contributed by atoms with Crippen molar-refractivity contribution in [3.63, 3.8) is 0 Å². The summed E-state index contributed by atoms with van der Waals surface area (Å²) in [7, 11) is 0. The first kappa shape index (κ1) is 20.2. The molecule has 2 N–H and O–H groups in total. The van der Waals surface area contributed by atoms with E-state index in [4.69, 9.17) is 4.74 Å². The third kappa shape index (κ3) is 6.26. The van der Waals surface area contributed by atoms with E-state index in [0.29, 0.717) is 17.9 Å². The largest absolute Gasteiger partial charge is 0.507 e. The molecule has 0 saturated carbocycles. The number of nitrogens with one attached hydrogen (secondary N) is 1. The van der Waals surface area contributed by atoms with Crippen molar-refractivity contribution in [3.05, 3.63) is 59.7 Å². The highest BCUT2D eigenvalue weighted by Gasteiger charge is 2.12. The molecule has 0 radical (unpaired) electrons. The summed E-state index contributed by atoms with van der Waals surface area (Å²) in [5.74, 6) is -0.634. The Morgan fingerprint density at radius 2 is 1.74 bits per heavy atom. The van der Waals surface area contributed by atoms with Crippen LogP contribution in [-0.4, -0.2) is 29.6 Å². The van der Waals surface area contributed by atoms with E-state index in [1.54, 1.807) is 36.4 Å².